The molecule has 0 aliphatic rings. The summed E-state index contributed by atoms with van der Waals surface area (Å²) in [6, 6.07) is 9.40. The van der Waals surface area contributed by atoms with E-state index in [1.165, 1.54) is 35.6 Å². The van der Waals surface area contributed by atoms with E-state index in [1.807, 2.05) is 17.0 Å². The number of rotatable bonds is 9. The van der Waals surface area contributed by atoms with E-state index in [2.05, 4.69) is 10.3 Å². The van der Waals surface area contributed by atoms with E-state index in [1.54, 1.807) is 12.1 Å². The lowest BCUT2D eigenvalue weighted by Gasteiger charge is -2.17. The van der Waals surface area contributed by atoms with Crippen LogP contribution in [-0.4, -0.2) is 23.9 Å². The monoisotopic (exact) mass is 481 g/mol. The van der Waals surface area contributed by atoms with Crippen LogP contribution in [0, 0.1) is 11.6 Å². The SMILES string of the molecule is CCc1csc([C@H](Cc2ccc(NS(=O)(=O)O)cc2)NC(=O)Cc2cccc(F)c2F)n1. The molecule has 32 heavy (non-hydrogen) atoms. The van der Waals surface area contributed by atoms with Gasteiger partial charge in [-0.2, -0.15) is 8.42 Å². The lowest BCUT2D eigenvalue weighted by atomic mass is 10.0. The van der Waals surface area contributed by atoms with Crippen molar-refractivity contribution in [1.29, 1.82) is 0 Å². The van der Waals surface area contributed by atoms with Gasteiger partial charge in [-0.3, -0.25) is 14.1 Å². The fourth-order valence-corrected chi connectivity index (χ4v) is 4.43. The summed E-state index contributed by atoms with van der Waals surface area (Å²) in [5, 5.41) is 5.39. The van der Waals surface area contributed by atoms with Gasteiger partial charge < -0.3 is 5.32 Å². The number of halogens is 2. The lowest BCUT2D eigenvalue weighted by molar-refractivity contribution is -0.121. The number of hydrogen-bond donors (Lipinski definition) is 3. The Morgan fingerprint density at radius 2 is 1.91 bits per heavy atom. The normalized spacial score (nSPS) is 12.4. The molecule has 7 nitrogen and oxygen atoms in total. The molecule has 3 aromatic rings. The van der Waals surface area contributed by atoms with Crippen LogP contribution in [0.15, 0.2) is 47.8 Å². The van der Waals surface area contributed by atoms with E-state index in [9.17, 15) is 22.0 Å². The molecule has 1 heterocycles. The Labute approximate surface area is 188 Å². The number of benzene rings is 2. The van der Waals surface area contributed by atoms with Crippen molar-refractivity contribution in [3.05, 3.63) is 81.3 Å². The molecule has 0 fully saturated rings. The van der Waals surface area contributed by atoms with Crippen LogP contribution >= 0.6 is 11.3 Å². The van der Waals surface area contributed by atoms with E-state index in [-0.39, 0.29) is 17.7 Å². The van der Waals surface area contributed by atoms with E-state index in [0.29, 0.717) is 11.4 Å². The number of thiazole rings is 1. The minimum Gasteiger partial charge on any atom is -0.346 e. The van der Waals surface area contributed by atoms with E-state index >= 15 is 0 Å². The van der Waals surface area contributed by atoms with Gasteiger partial charge in [0.05, 0.1) is 23.8 Å². The van der Waals surface area contributed by atoms with Crippen molar-refractivity contribution >= 4 is 33.2 Å². The molecule has 11 heteroatoms. The highest BCUT2D eigenvalue weighted by Crippen LogP contribution is 2.24. The van der Waals surface area contributed by atoms with Gasteiger partial charge in [0.25, 0.3) is 0 Å². The molecule has 2 aromatic carbocycles. The fraction of sp³-hybridized carbons (Fsp3) is 0.238. The van der Waals surface area contributed by atoms with Gasteiger partial charge in [0.1, 0.15) is 5.01 Å². The van der Waals surface area contributed by atoms with Crippen molar-refractivity contribution in [3.8, 4) is 0 Å². The average Bonchev–Trinajstić information content (AvgIpc) is 3.20. The molecule has 0 spiro atoms. The second kappa shape index (κ2) is 10.2. The van der Waals surface area contributed by atoms with Crippen LogP contribution in [0.25, 0.3) is 0 Å². The van der Waals surface area contributed by atoms with Gasteiger partial charge in [0, 0.05) is 10.9 Å². The summed E-state index contributed by atoms with van der Waals surface area (Å²) in [5.41, 5.74) is 1.77. The largest absolute Gasteiger partial charge is 0.357 e. The Bertz CT molecular complexity index is 1200. The zero-order valence-electron chi connectivity index (χ0n) is 17.0. The second-order valence-electron chi connectivity index (χ2n) is 7.02. The van der Waals surface area contributed by atoms with Crippen LogP contribution in [0.4, 0.5) is 14.5 Å². The third kappa shape index (κ3) is 6.55. The summed E-state index contributed by atoms with van der Waals surface area (Å²) in [6.07, 6.45) is 0.727. The molecule has 0 aliphatic heterocycles. The fourth-order valence-electron chi connectivity index (χ4n) is 3.04. The highest BCUT2D eigenvalue weighted by molar-refractivity contribution is 7.87. The number of hydrogen-bond acceptors (Lipinski definition) is 5. The number of aromatic nitrogens is 1. The summed E-state index contributed by atoms with van der Waals surface area (Å²) in [7, 11) is -4.38. The predicted octanol–water partition coefficient (Wildman–Crippen LogP) is 3.84. The Hall–Kier alpha value is -2.89. The minimum absolute atomic E-state index is 0.0460. The molecule has 0 unspecified atom stereocenters. The maximum Gasteiger partial charge on any atom is 0.357 e. The minimum atomic E-state index is -4.38. The van der Waals surface area contributed by atoms with Crippen LogP contribution in [0.1, 0.15) is 34.8 Å². The highest BCUT2D eigenvalue weighted by Gasteiger charge is 2.20. The van der Waals surface area contributed by atoms with E-state index in [4.69, 9.17) is 4.55 Å². The maximum atomic E-state index is 13.9. The third-order valence-corrected chi connectivity index (χ3v) is 6.09. The molecule has 1 atom stereocenters. The first kappa shape index (κ1) is 23.8. The molecule has 3 rings (SSSR count). The predicted molar refractivity (Wildman–Crippen MR) is 118 cm³/mol. The summed E-state index contributed by atoms with van der Waals surface area (Å²) in [6.45, 7) is 1.96. The second-order valence-corrected chi connectivity index (χ2v) is 9.06. The van der Waals surface area contributed by atoms with Gasteiger partial charge in [0.15, 0.2) is 11.6 Å². The summed E-state index contributed by atoms with van der Waals surface area (Å²) >= 11 is 1.38. The Morgan fingerprint density at radius 1 is 1.19 bits per heavy atom. The molecular weight excluding hydrogens is 460 g/mol. The standard InChI is InChI=1S/C21H21F2N3O4S2/c1-2-15-12-31-21(24-15)18(10-13-6-8-16(9-7-13)26-32(28,29)30)25-19(27)11-14-4-3-5-17(22)20(14)23/h3-9,12,18,26H,2,10-11H2,1H3,(H,25,27)(H,28,29,30)/t18-/m0/s1. The number of carbonyl (C=O) groups is 1. The number of carbonyl (C=O) groups excluding carboxylic acids is 1. The highest BCUT2D eigenvalue weighted by atomic mass is 32.2. The quantitative estimate of drug-likeness (QED) is 0.403. The summed E-state index contributed by atoms with van der Waals surface area (Å²) in [5.74, 6) is -2.56. The van der Waals surface area contributed by atoms with Crippen molar-refractivity contribution in [1.82, 2.24) is 10.3 Å². The third-order valence-electron chi connectivity index (χ3n) is 4.59. The Morgan fingerprint density at radius 3 is 2.53 bits per heavy atom. The topological polar surface area (TPSA) is 108 Å². The lowest BCUT2D eigenvalue weighted by Crippen LogP contribution is -2.31. The molecule has 1 aromatic heterocycles. The molecule has 0 radical (unpaired) electrons. The summed E-state index contributed by atoms with van der Waals surface area (Å²) in [4.78, 5) is 17.1. The first-order valence-electron chi connectivity index (χ1n) is 9.65. The van der Waals surface area contributed by atoms with E-state index < -0.39 is 33.9 Å². The zero-order chi connectivity index (χ0) is 23.3. The van der Waals surface area contributed by atoms with Crippen LogP contribution in [0.5, 0.6) is 0 Å². The van der Waals surface area contributed by atoms with Crippen LogP contribution < -0.4 is 10.0 Å². The van der Waals surface area contributed by atoms with Crippen molar-refractivity contribution in [3.63, 3.8) is 0 Å². The number of anilines is 1. The van der Waals surface area contributed by atoms with Crippen LogP contribution in [0.2, 0.25) is 0 Å². The van der Waals surface area contributed by atoms with Gasteiger partial charge in [-0.05, 0) is 36.6 Å². The van der Waals surface area contributed by atoms with Crippen LogP contribution in [-0.2, 0) is 34.4 Å². The molecule has 1 amide bonds. The van der Waals surface area contributed by atoms with Crippen molar-refractivity contribution in [2.75, 3.05) is 4.72 Å². The van der Waals surface area contributed by atoms with Gasteiger partial charge in [-0.25, -0.2) is 13.8 Å². The van der Waals surface area contributed by atoms with Crippen LogP contribution in [0.3, 0.4) is 0 Å². The number of aryl methyl sites for hydroxylation is 1. The molecule has 0 saturated heterocycles. The van der Waals surface area contributed by atoms with Gasteiger partial charge in [-0.1, -0.05) is 31.2 Å². The molecule has 0 saturated carbocycles. The van der Waals surface area contributed by atoms with Crippen molar-refractivity contribution < 1.29 is 26.5 Å². The average molecular weight is 482 g/mol. The molecule has 0 bridgehead atoms. The van der Waals surface area contributed by atoms with Gasteiger partial charge in [-0.15, -0.1) is 11.3 Å². The van der Waals surface area contributed by atoms with Crippen molar-refractivity contribution in [2.24, 2.45) is 0 Å². The molecular formula is C21H21F2N3O4S2. The molecule has 3 N–H and O–H groups in total. The smallest absolute Gasteiger partial charge is 0.346 e. The zero-order valence-corrected chi connectivity index (χ0v) is 18.6. The number of nitrogens with zero attached hydrogens (tertiary/aromatic N) is 1. The van der Waals surface area contributed by atoms with Gasteiger partial charge in [0.2, 0.25) is 5.91 Å². The first-order chi connectivity index (χ1) is 15.1. The Balaban J connectivity index is 1.78. The van der Waals surface area contributed by atoms with Crippen molar-refractivity contribution in [2.45, 2.75) is 32.2 Å². The molecule has 170 valence electrons. The number of nitrogens with one attached hydrogen (secondary N) is 2. The Kier molecular flexibility index (Phi) is 7.54. The number of amides is 1. The maximum absolute atomic E-state index is 13.9. The van der Waals surface area contributed by atoms with E-state index in [0.717, 1.165) is 23.7 Å². The molecule has 0 aliphatic carbocycles. The van der Waals surface area contributed by atoms with Gasteiger partial charge >= 0.3 is 10.3 Å². The first-order valence-corrected chi connectivity index (χ1v) is 12.0. The summed E-state index contributed by atoms with van der Waals surface area (Å²) < 4.78 is 60.1.